The number of amides is 1. The van der Waals surface area contributed by atoms with Crippen LogP contribution in [0.4, 0.5) is 5.69 Å². The van der Waals surface area contributed by atoms with E-state index in [0.29, 0.717) is 73.8 Å². The van der Waals surface area contributed by atoms with Crippen molar-refractivity contribution in [2.75, 3.05) is 36.2 Å². The minimum atomic E-state index is -1.86. The van der Waals surface area contributed by atoms with Crippen molar-refractivity contribution < 1.29 is 50.1 Å². The molecule has 5 aliphatic heterocycles. The predicted octanol–water partition coefficient (Wildman–Crippen LogP) is 6.92. The van der Waals surface area contributed by atoms with Gasteiger partial charge >= 0.3 is 0 Å². The first-order valence-electron chi connectivity index (χ1n) is 25.9. The number of hydrogen-bond acceptors (Lipinski definition) is 12. The first-order chi connectivity index (χ1) is 31.8. The average molecular weight is 962 g/mol. The molecule has 1 amide bonds. The van der Waals surface area contributed by atoms with Gasteiger partial charge in [0.05, 0.1) is 35.2 Å². The predicted molar refractivity (Wildman–Crippen MR) is 259 cm³/mol. The number of phenolic OH excluding ortho intramolecular Hbond substituents is 1. The second-order valence-corrected chi connectivity index (χ2v) is 26.9. The number of aliphatic hydroxyl groups excluding tert-OH is 3. The van der Waals surface area contributed by atoms with Crippen molar-refractivity contribution in [1.29, 1.82) is 0 Å². The van der Waals surface area contributed by atoms with Crippen LogP contribution in [0.1, 0.15) is 123 Å². The number of ketones is 1. The molecule has 7 aliphatic carbocycles. The smallest absolute Gasteiger partial charge is 0.234 e. The van der Waals surface area contributed by atoms with E-state index in [4.69, 9.17) is 4.74 Å². The van der Waals surface area contributed by atoms with E-state index in [1.165, 1.54) is 0 Å². The lowest BCUT2D eigenvalue weighted by Crippen LogP contribution is -2.71. The maximum Gasteiger partial charge on any atom is 0.234 e. The number of aryl methyl sites for hydroxylation is 1. The molecule has 16 atom stereocenters. The third-order valence-corrected chi connectivity index (χ3v) is 24.4. The summed E-state index contributed by atoms with van der Waals surface area (Å²) in [6, 6.07) is 5.55. The van der Waals surface area contributed by atoms with Crippen LogP contribution in [-0.2, 0) is 20.7 Å². The SMILES string of the molecule is CC(C)[C@@H](C)[C@@H]1O[C@H]1[C@@]1(O)CC=C[C@@H]2C[C@H]3C4=CC(=O)[C@]5(CSSC[C@H]6CCC[C@H](CO)[C@]67C(=O)N(CC76CCCC6)c6cc(O)cc(c6)CC[C@]26[C@@H]1CC[C@@]46O)C[C@@H](O)[C@](O)(CO)C[C@]35C. The van der Waals surface area contributed by atoms with Crippen LogP contribution in [0.15, 0.2) is 42.0 Å². The van der Waals surface area contributed by atoms with Crippen LogP contribution in [0, 0.1) is 68.5 Å². The molecule has 5 heterocycles. The Hall–Kier alpha value is -1.94. The molecule has 12 aliphatic rings. The molecule has 1 aromatic carbocycles. The van der Waals surface area contributed by atoms with Crippen molar-refractivity contribution >= 4 is 39.0 Å². The summed E-state index contributed by atoms with van der Waals surface area (Å²) in [5, 5.41) is 85.2. The van der Waals surface area contributed by atoms with Gasteiger partial charge in [0.2, 0.25) is 5.91 Å². The minimum Gasteiger partial charge on any atom is -0.508 e. The average Bonchev–Trinajstić information content (AvgIpc) is 3.80. The summed E-state index contributed by atoms with van der Waals surface area (Å²) in [6.07, 6.45) is 13.0. The molecule has 11 nitrogen and oxygen atoms in total. The highest BCUT2D eigenvalue weighted by atomic mass is 33.1. The van der Waals surface area contributed by atoms with Gasteiger partial charge in [0.15, 0.2) is 5.78 Å². The van der Waals surface area contributed by atoms with E-state index in [2.05, 4.69) is 45.9 Å². The molecule has 1 aromatic rings. The van der Waals surface area contributed by atoms with Gasteiger partial charge in [0, 0.05) is 53.2 Å². The highest BCUT2D eigenvalue weighted by Crippen LogP contribution is 2.76. The number of aromatic hydroxyl groups is 1. The third kappa shape index (κ3) is 6.16. The van der Waals surface area contributed by atoms with Crippen LogP contribution in [0.25, 0.3) is 0 Å². The zero-order valence-corrected chi connectivity index (χ0v) is 41.6. The van der Waals surface area contributed by atoms with E-state index in [0.717, 1.165) is 50.5 Å². The number of phenols is 1. The number of aliphatic hydroxyl groups is 6. The Labute approximate surface area is 404 Å². The van der Waals surface area contributed by atoms with E-state index in [-0.39, 0.29) is 72.1 Å². The van der Waals surface area contributed by atoms with Gasteiger partial charge in [-0.25, -0.2) is 0 Å². The van der Waals surface area contributed by atoms with Crippen LogP contribution >= 0.6 is 21.6 Å². The van der Waals surface area contributed by atoms with Gasteiger partial charge in [-0.3, -0.25) is 9.59 Å². The van der Waals surface area contributed by atoms with Crippen molar-refractivity contribution in [3.63, 3.8) is 0 Å². The number of benzene rings is 1. The molecular formula is C54H75NO10S2. The zero-order chi connectivity index (χ0) is 47.3. The van der Waals surface area contributed by atoms with Gasteiger partial charge < -0.3 is 45.4 Å². The van der Waals surface area contributed by atoms with E-state index in [1.807, 2.05) is 4.90 Å². The van der Waals surface area contributed by atoms with Crippen molar-refractivity contribution in [1.82, 2.24) is 0 Å². The number of ether oxygens (including phenoxy) is 1. The van der Waals surface area contributed by atoms with E-state index in [1.54, 1.807) is 39.8 Å². The molecule has 8 bridgehead atoms. The Bertz CT molecular complexity index is 2250. The van der Waals surface area contributed by atoms with Crippen LogP contribution in [-0.4, -0.2) is 114 Å². The Morgan fingerprint density at radius 2 is 1.73 bits per heavy atom. The molecular weight excluding hydrogens is 887 g/mol. The van der Waals surface area contributed by atoms with E-state index >= 15 is 9.59 Å². The van der Waals surface area contributed by atoms with Crippen molar-refractivity contribution in [3.8, 4) is 5.75 Å². The fourth-order valence-corrected chi connectivity index (χ4v) is 21.4. The molecule has 0 radical (unpaired) electrons. The number of allylic oxidation sites excluding steroid dienone is 2. The summed E-state index contributed by atoms with van der Waals surface area (Å²) in [5.74, 6) is 0.130. The summed E-state index contributed by atoms with van der Waals surface area (Å²) >= 11 is 0. The lowest BCUT2D eigenvalue weighted by atomic mass is 9.38. The number of carbonyl (C=O) groups excluding carboxylic acids is 2. The van der Waals surface area contributed by atoms with E-state index < -0.39 is 69.1 Å². The summed E-state index contributed by atoms with van der Waals surface area (Å²) < 4.78 is 6.52. The van der Waals surface area contributed by atoms with Gasteiger partial charge in [0.1, 0.15) is 23.1 Å². The zero-order valence-electron chi connectivity index (χ0n) is 40.0. The van der Waals surface area contributed by atoms with E-state index in [9.17, 15) is 35.7 Å². The molecule has 7 N–H and O–H groups in total. The Kier molecular flexibility index (Phi) is 11.3. The van der Waals surface area contributed by atoms with Crippen molar-refractivity contribution in [2.24, 2.45) is 68.5 Å². The van der Waals surface area contributed by atoms with Crippen LogP contribution in [0.2, 0.25) is 0 Å². The Morgan fingerprint density at radius 3 is 2.46 bits per heavy atom. The summed E-state index contributed by atoms with van der Waals surface area (Å²) in [4.78, 5) is 33.3. The minimum absolute atomic E-state index is 0.0307. The number of nitrogens with zero attached hydrogens (tertiary/aromatic N) is 1. The van der Waals surface area contributed by atoms with Gasteiger partial charge in [-0.15, -0.1) is 0 Å². The molecule has 67 heavy (non-hydrogen) atoms. The molecule has 0 unspecified atom stereocenters. The molecule has 368 valence electrons. The van der Waals surface area contributed by atoms with Gasteiger partial charge in [0.25, 0.3) is 0 Å². The molecule has 4 spiro atoms. The normalized spacial score (nSPS) is 48.0. The number of hydrogen-bond donors (Lipinski definition) is 7. The second kappa shape index (κ2) is 16.0. The maximum atomic E-state index is 15.8. The molecule has 13 rings (SSSR count). The summed E-state index contributed by atoms with van der Waals surface area (Å²) in [7, 11) is 3.27. The van der Waals surface area contributed by atoms with Crippen molar-refractivity contribution in [2.45, 2.75) is 159 Å². The van der Waals surface area contributed by atoms with Crippen LogP contribution < -0.4 is 4.90 Å². The largest absolute Gasteiger partial charge is 0.508 e. The van der Waals surface area contributed by atoms with Gasteiger partial charge in [-0.05, 0) is 147 Å². The first-order valence-corrected chi connectivity index (χ1v) is 28.4. The van der Waals surface area contributed by atoms with Gasteiger partial charge in [-0.1, -0.05) is 80.7 Å². The monoisotopic (exact) mass is 961 g/mol. The molecule has 13 heteroatoms. The first kappa shape index (κ1) is 47.4. The quantitative estimate of drug-likeness (QED) is 0.0918. The maximum absolute atomic E-state index is 15.8. The molecule has 2 saturated heterocycles. The number of fused-ring (bicyclic) bond motifs is 1. The fourth-order valence-electron chi connectivity index (χ4n) is 18.2. The third-order valence-electron chi connectivity index (χ3n) is 21.8. The highest BCUT2D eigenvalue weighted by Gasteiger charge is 2.78. The Balaban J connectivity index is 1.10. The van der Waals surface area contributed by atoms with Gasteiger partial charge in [-0.2, -0.15) is 0 Å². The lowest BCUT2D eigenvalue weighted by molar-refractivity contribution is -0.222. The van der Waals surface area contributed by atoms with Crippen LogP contribution in [0.3, 0.4) is 0 Å². The summed E-state index contributed by atoms with van der Waals surface area (Å²) in [6.45, 7) is 8.38. The van der Waals surface area contributed by atoms with Crippen molar-refractivity contribution in [3.05, 3.63) is 47.6 Å². The molecule has 5 saturated carbocycles. The molecule has 7 fully saturated rings. The number of carbonyl (C=O) groups is 2. The highest BCUT2D eigenvalue weighted by molar-refractivity contribution is 8.76. The fraction of sp³-hybridized carbons (Fsp3) is 0.778. The number of epoxide rings is 1. The number of anilines is 1. The summed E-state index contributed by atoms with van der Waals surface area (Å²) in [5.41, 5.74) is -6.84. The molecule has 0 aromatic heterocycles. The lowest BCUT2D eigenvalue weighted by Gasteiger charge is -2.67. The Morgan fingerprint density at radius 1 is 0.955 bits per heavy atom. The topological polar surface area (TPSA) is 192 Å². The number of rotatable bonds is 5. The standard InChI is InChI=1S/C54H75NO10S2/c1-31(2)32(3)44-45(65-44)52(63)16-8-11-34-21-39-40-23-42(59)49(24-43(60)50(62,29-57)27-47(39,49)4)30-67-66-26-36-10-7-9-35(25-56)54(36)46(61)55(28-48(54)14-5-6-15-48)37-19-33(20-38(58)22-37)12-17-51(34)41(52)13-18-53(40,51)64/h8,11,19-20,22-23,31-32,34-36,39,41,43-45,56-58,60,62-64H,5-7,9-10,12-18,21,24-30H2,1-4H3/t32-,34-,35-,36-,39+,41+,43-,44+,45-,47-,49-,50-,51-,52-,53-,54-/m1/s1. The van der Waals surface area contributed by atoms with Crippen LogP contribution in [0.5, 0.6) is 5.75 Å². The second-order valence-electron chi connectivity index (χ2n) is 24.4.